The minimum atomic E-state index is -0.647. The summed E-state index contributed by atoms with van der Waals surface area (Å²) in [6.45, 7) is 10.7. The summed E-state index contributed by atoms with van der Waals surface area (Å²) >= 11 is 0. The molecule has 1 aromatic carbocycles. The summed E-state index contributed by atoms with van der Waals surface area (Å²) in [5.74, 6) is 7.10. The third-order valence-electron chi connectivity index (χ3n) is 6.87. The van der Waals surface area contributed by atoms with E-state index in [0.717, 1.165) is 31.2 Å². The molecule has 0 saturated carbocycles. The molecule has 6 heteroatoms. The molecule has 3 heterocycles. The fourth-order valence-electron chi connectivity index (χ4n) is 5.54. The quantitative estimate of drug-likeness (QED) is 0.499. The minimum Gasteiger partial charge on any atom is -0.461 e. The Morgan fingerprint density at radius 2 is 1.76 bits per heavy atom. The van der Waals surface area contributed by atoms with Gasteiger partial charge in [0.05, 0.1) is 23.7 Å². The molecule has 1 aromatic heterocycles. The molecule has 176 valence electrons. The third kappa shape index (κ3) is 4.56. The van der Waals surface area contributed by atoms with Crippen molar-refractivity contribution >= 4 is 17.0 Å². The van der Waals surface area contributed by atoms with E-state index >= 15 is 0 Å². The van der Waals surface area contributed by atoms with Crippen LogP contribution in [0.25, 0.3) is 11.0 Å². The van der Waals surface area contributed by atoms with Crippen LogP contribution in [-0.2, 0) is 4.74 Å². The number of hydrogen-bond donors (Lipinski definition) is 0. The highest BCUT2D eigenvalue weighted by Gasteiger charge is 2.45. The lowest BCUT2D eigenvalue weighted by molar-refractivity contribution is 0.0513. The van der Waals surface area contributed by atoms with Crippen LogP contribution < -0.4 is 5.56 Å². The van der Waals surface area contributed by atoms with Crippen LogP contribution in [0.15, 0.2) is 29.1 Å². The Kier molecular flexibility index (Phi) is 6.90. The standard InChI is InChI=1S/C27H35N3O3/c1-6-33-27(32)25-26(31)30(24-10-8-7-9-22(24)28-25)21-15-19-12-13-20(16-21)29(19)23(18(4)5)14-11-17(2)3/h7-10,17-21,23H,6,12-13,15-16H2,1-5H3/t19-,20+,21+,23?. The summed E-state index contributed by atoms with van der Waals surface area (Å²) in [6.07, 6.45) is 3.99. The Hall–Kier alpha value is -2.65. The zero-order chi connectivity index (χ0) is 23.7. The fourth-order valence-corrected chi connectivity index (χ4v) is 5.54. The minimum absolute atomic E-state index is 0.0261. The van der Waals surface area contributed by atoms with Crippen LogP contribution in [0.2, 0.25) is 0 Å². The van der Waals surface area contributed by atoms with Crippen LogP contribution in [0.1, 0.15) is 76.8 Å². The molecule has 6 nitrogen and oxygen atoms in total. The van der Waals surface area contributed by atoms with E-state index in [4.69, 9.17) is 4.74 Å². The number of piperidine rings is 1. The van der Waals surface area contributed by atoms with Crippen molar-refractivity contribution in [2.24, 2.45) is 11.8 Å². The van der Waals surface area contributed by atoms with Gasteiger partial charge in [-0.05, 0) is 50.7 Å². The predicted molar refractivity (Wildman–Crippen MR) is 130 cm³/mol. The first-order valence-corrected chi connectivity index (χ1v) is 12.3. The van der Waals surface area contributed by atoms with Crippen molar-refractivity contribution in [1.29, 1.82) is 0 Å². The Bertz CT molecular complexity index is 1130. The van der Waals surface area contributed by atoms with Gasteiger partial charge >= 0.3 is 5.97 Å². The summed E-state index contributed by atoms with van der Waals surface area (Å²) in [7, 11) is 0. The summed E-state index contributed by atoms with van der Waals surface area (Å²) < 4.78 is 6.96. The number of fused-ring (bicyclic) bond motifs is 3. The Morgan fingerprint density at radius 1 is 1.09 bits per heavy atom. The molecule has 2 bridgehead atoms. The van der Waals surface area contributed by atoms with Crippen molar-refractivity contribution in [2.75, 3.05) is 6.61 Å². The molecule has 1 unspecified atom stereocenters. The second kappa shape index (κ2) is 9.69. The highest BCUT2D eigenvalue weighted by atomic mass is 16.5. The van der Waals surface area contributed by atoms with Crippen molar-refractivity contribution in [3.05, 3.63) is 40.3 Å². The molecule has 4 rings (SSSR count). The van der Waals surface area contributed by atoms with Gasteiger partial charge in [0.15, 0.2) is 0 Å². The first-order chi connectivity index (χ1) is 15.8. The number of nitrogens with zero attached hydrogens (tertiary/aromatic N) is 3. The molecular formula is C27H35N3O3. The van der Waals surface area contributed by atoms with Gasteiger partial charge in [0.1, 0.15) is 0 Å². The van der Waals surface area contributed by atoms with E-state index in [-0.39, 0.29) is 29.9 Å². The Morgan fingerprint density at radius 3 is 2.36 bits per heavy atom. The van der Waals surface area contributed by atoms with Gasteiger partial charge in [-0.15, -0.1) is 0 Å². The van der Waals surface area contributed by atoms with E-state index in [1.807, 2.05) is 28.8 Å². The van der Waals surface area contributed by atoms with Gasteiger partial charge in [-0.3, -0.25) is 9.69 Å². The van der Waals surface area contributed by atoms with Crippen molar-refractivity contribution in [2.45, 2.75) is 84.5 Å². The van der Waals surface area contributed by atoms with E-state index in [2.05, 4.69) is 49.4 Å². The third-order valence-corrected chi connectivity index (χ3v) is 6.87. The van der Waals surface area contributed by atoms with Crippen LogP contribution in [0.4, 0.5) is 0 Å². The number of carbonyl (C=O) groups excluding carboxylic acids is 1. The maximum absolute atomic E-state index is 13.5. The molecule has 2 fully saturated rings. The van der Waals surface area contributed by atoms with Crippen LogP contribution in [0.5, 0.6) is 0 Å². The normalized spacial score (nSPS) is 23.5. The molecule has 2 saturated heterocycles. The van der Waals surface area contributed by atoms with Gasteiger partial charge in [-0.25, -0.2) is 9.78 Å². The number of rotatable bonds is 5. The SMILES string of the molecule is CCOC(=O)c1nc2ccccc2n([C@H]2C[C@H]3CC[C@@H](C2)N3C(C#CC(C)C)C(C)C)c1=O. The number of aromatic nitrogens is 2. The van der Waals surface area contributed by atoms with Gasteiger partial charge in [-0.1, -0.05) is 51.7 Å². The van der Waals surface area contributed by atoms with E-state index in [0.29, 0.717) is 29.4 Å². The summed E-state index contributed by atoms with van der Waals surface area (Å²) in [6, 6.07) is 8.60. The van der Waals surface area contributed by atoms with Gasteiger partial charge in [-0.2, -0.15) is 0 Å². The molecular weight excluding hydrogens is 414 g/mol. The molecule has 0 radical (unpaired) electrons. The van der Waals surface area contributed by atoms with Gasteiger partial charge in [0.2, 0.25) is 5.69 Å². The first-order valence-electron chi connectivity index (χ1n) is 12.3. The smallest absolute Gasteiger partial charge is 0.362 e. The number of benzene rings is 1. The predicted octanol–water partition coefficient (Wildman–Crippen LogP) is 4.43. The second-order valence-electron chi connectivity index (χ2n) is 9.93. The van der Waals surface area contributed by atoms with Gasteiger partial charge in [0, 0.05) is 24.0 Å². The van der Waals surface area contributed by atoms with Crippen molar-refractivity contribution in [3.63, 3.8) is 0 Å². The van der Waals surface area contributed by atoms with Crippen LogP contribution in [-0.4, -0.2) is 45.2 Å². The van der Waals surface area contributed by atoms with Gasteiger partial charge in [0.25, 0.3) is 5.56 Å². The lowest BCUT2D eigenvalue weighted by atomic mass is 9.91. The average molecular weight is 450 g/mol. The Labute approximate surface area is 196 Å². The van der Waals surface area contributed by atoms with E-state index in [1.165, 1.54) is 0 Å². The maximum atomic E-state index is 13.5. The monoisotopic (exact) mass is 449 g/mol. The number of para-hydroxylation sites is 2. The first kappa shape index (κ1) is 23.5. The number of hydrogen-bond acceptors (Lipinski definition) is 5. The average Bonchev–Trinajstić information content (AvgIpc) is 3.01. The molecule has 2 aliphatic rings. The summed E-state index contributed by atoms with van der Waals surface area (Å²) in [5.41, 5.74) is 0.976. The zero-order valence-corrected chi connectivity index (χ0v) is 20.4. The highest BCUT2D eigenvalue weighted by Crippen LogP contribution is 2.43. The summed E-state index contributed by atoms with van der Waals surface area (Å²) in [5, 5.41) is 0. The van der Waals surface area contributed by atoms with E-state index in [9.17, 15) is 9.59 Å². The largest absolute Gasteiger partial charge is 0.461 e. The molecule has 0 aliphatic carbocycles. The van der Waals surface area contributed by atoms with Crippen LogP contribution in [0.3, 0.4) is 0 Å². The van der Waals surface area contributed by atoms with Crippen LogP contribution >= 0.6 is 0 Å². The topological polar surface area (TPSA) is 64.4 Å². The van der Waals surface area contributed by atoms with Gasteiger partial charge < -0.3 is 9.30 Å². The molecule has 33 heavy (non-hydrogen) atoms. The highest BCUT2D eigenvalue weighted by molar-refractivity contribution is 5.89. The zero-order valence-electron chi connectivity index (χ0n) is 20.4. The van der Waals surface area contributed by atoms with Crippen molar-refractivity contribution < 1.29 is 9.53 Å². The number of carbonyl (C=O) groups is 1. The Balaban J connectivity index is 1.72. The molecule has 2 aromatic rings. The van der Waals surface area contributed by atoms with E-state index in [1.54, 1.807) is 6.92 Å². The molecule has 0 spiro atoms. The molecule has 0 N–H and O–H groups in total. The summed E-state index contributed by atoms with van der Waals surface area (Å²) in [4.78, 5) is 33.0. The fraction of sp³-hybridized carbons (Fsp3) is 0.593. The van der Waals surface area contributed by atoms with Crippen molar-refractivity contribution in [3.8, 4) is 11.8 Å². The lowest BCUT2D eigenvalue weighted by Gasteiger charge is -2.44. The maximum Gasteiger partial charge on any atom is 0.362 e. The molecule has 0 amide bonds. The molecule has 4 atom stereocenters. The number of esters is 1. The molecule has 2 aliphatic heterocycles. The lowest BCUT2D eigenvalue weighted by Crippen LogP contribution is -2.51. The van der Waals surface area contributed by atoms with E-state index < -0.39 is 5.97 Å². The van der Waals surface area contributed by atoms with Crippen molar-refractivity contribution in [1.82, 2.24) is 14.5 Å². The number of ether oxygens (including phenoxy) is 1. The second-order valence-corrected chi connectivity index (χ2v) is 9.93. The van der Waals surface area contributed by atoms with Crippen LogP contribution in [0, 0.1) is 23.7 Å².